The van der Waals surface area contributed by atoms with Crippen LogP contribution in [0.25, 0.3) is 0 Å². The Labute approximate surface area is 101 Å². The minimum Gasteiger partial charge on any atom is -0.388 e. The van der Waals surface area contributed by atoms with Gasteiger partial charge in [0.15, 0.2) is 0 Å². The minimum absolute atomic E-state index is 0.383. The number of benzene rings is 1. The summed E-state index contributed by atoms with van der Waals surface area (Å²) in [4.78, 5) is 0. The van der Waals surface area contributed by atoms with Gasteiger partial charge in [0, 0.05) is 10.8 Å². The van der Waals surface area contributed by atoms with Crippen molar-refractivity contribution >= 4 is 23.4 Å². The quantitative estimate of drug-likeness (QED) is 0.851. The molecule has 0 aliphatic heterocycles. The zero-order valence-electron chi connectivity index (χ0n) is 9.11. The van der Waals surface area contributed by atoms with Gasteiger partial charge in [-0.1, -0.05) is 37.6 Å². The normalized spacial score (nSPS) is 13.1. The third-order valence-corrected chi connectivity index (χ3v) is 3.69. The summed E-state index contributed by atoms with van der Waals surface area (Å²) in [6, 6.07) is 7.38. The standard InChI is InChI=1S/C12H17ClOS/c1-9(2)7-15-8-12(14)10-3-5-11(13)6-4-10/h3-6,9,12,14H,7-8H2,1-2H3. The fourth-order valence-electron chi connectivity index (χ4n) is 1.20. The van der Waals surface area contributed by atoms with Gasteiger partial charge in [0.1, 0.15) is 0 Å². The number of hydrogen-bond acceptors (Lipinski definition) is 2. The molecule has 0 heterocycles. The number of aliphatic hydroxyl groups is 1. The van der Waals surface area contributed by atoms with Gasteiger partial charge in [-0.15, -0.1) is 0 Å². The SMILES string of the molecule is CC(C)CSCC(O)c1ccc(Cl)cc1. The lowest BCUT2D eigenvalue weighted by molar-refractivity contribution is 0.204. The Bertz CT molecular complexity index is 284. The molecule has 15 heavy (non-hydrogen) atoms. The molecule has 0 saturated carbocycles. The van der Waals surface area contributed by atoms with E-state index in [2.05, 4.69) is 13.8 Å². The molecule has 1 atom stereocenters. The molecule has 1 aromatic carbocycles. The predicted octanol–water partition coefficient (Wildman–Crippen LogP) is 3.76. The van der Waals surface area contributed by atoms with E-state index in [0.29, 0.717) is 10.9 Å². The summed E-state index contributed by atoms with van der Waals surface area (Å²) < 4.78 is 0. The molecule has 0 amide bonds. The molecular formula is C12H17ClOS. The topological polar surface area (TPSA) is 20.2 Å². The van der Waals surface area contributed by atoms with Crippen molar-refractivity contribution in [1.82, 2.24) is 0 Å². The van der Waals surface area contributed by atoms with Crippen LogP contribution in [0.3, 0.4) is 0 Å². The van der Waals surface area contributed by atoms with Crippen LogP contribution in [0.2, 0.25) is 5.02 Å². The third kappa shape index (κ3) is 4.92. The average Bonchev–Trinajstić information content (AvgIpc) is 2.18. The fraction of sp³-hybridized carbons (Fsp3) is 0.500. The van der Waals surface area contributed by atoms with Crippen molar-refractivity contribution in [1.29, 1.82) is 0 Å². The number of halogens is 1. The van der Waals surface area contributed by atoms with Gasteiger partial charge in [-0.3, -0.25) is 0 Å². The first-order valence-electron chi connectivity index (χ1n) is 5.11. The highest BCUT2D eigenvalue weighted by Crippen LogP contribution is 2.21. The van der Waals surface area contributed by atoms with E-state index in [4.69, 9.17) is 11.6 Å². The van der Waals surface area contributed by atoms with Gasteiger partial charge in [0.2, 0.25) is 0 Å². The van der Waals surface area contributed by atoms with Crippen molar-refractivity contribution in [2.75, 3.05) is 11.5 Å². The first-order chi connectivity index (χ1) is 7.09. The zero-order chi connectivity index (χ0) is 11.3. The van der Waals surface area contributed by atoms with Crippen LogP contribution in [0.1, 0.15) is 25.5 Å². The molecule has 0 saturated heterocycles. The summed E-state index contributed by atoms with van der Waals surface area (Å²) in [5.74, 6) is 2.51. The van der Waals surface area contributed by atoms with E-state index < -0.39 is 0 Å². The van der Waals surface area contributed by atoms with Crippen LogP contribution in [0.5, 0.6) is 0 Å². The maximum absolute atomic E-state index is 9.86. The van der Waals surface area contributed by atoms with Gasteiger partial charge in [-0.25, -0.2) is 0 Å². The second kappa shape index (κ2) is 6.41. The molecule has 84 valence electrons. The average molecular weight is 245 g/mol. The van der Waals surface area contributed by atoms with Gasteiger partial charge in [0.05, 0.1) is 6.10 Å². The summed E-state index contributed by atoms with van der Waals surface area (Å²) in [5, 5.41) is 10.6. The molecule has 0 aromatic heterocycles. The van der Waals surface area contributed by atoms with Gasteiger partial charge < -0.3 is 5.11 Å². The molecule has 1 unspecified atom stereocenters. The Balaban J connectivity index is 2.40. The van der Waals surface area contributed by atoms with Crippen LogP contribution >= 0.6 is 23.4 Å². The molecule has 0 radical (unpaired) electrons. The number of aliphatic hydroxyl groups excluding tert-OH is 1. The van der Waals surface area contributed by atoms with Crippen LogP contribution in [0, 0.1) is 5.92 Å². The number of thioether (sulfide) groups is 1. The van der Waals surface area contributed by atoms with Crippen LogP contribution in [0.15, 0.2) is 24.3 Å². The Hall–Kier alpha value is -0.180. The van der Waals surface area contributed by atoms with Gasteiger partial charge >= 0.3 is 0 Å². The first kappa shape index (κ1) is 12.9. The van der Waals surface area contributed by atoms with E-state index in [1.165, 1.54) is 0 Å². The molecule has 1 N–H and O–H groups in total. The third-order valence-electron chi connectivity index (χ3n) is 1.98. The first-order valence-corrected chi connectivity index (χ1v) is 6.64. The van der Waals surface area contributed by atoms with E-state index >= 15 is 0 Å². The van der Waals surface area contributed by atoms with Crippen molar-refractivity contribution in [3.8, 4) is 0 Å². The van der Waals surface area contributed by atoms with Crippen molar-refractivity contribution in [3.63, 3.8) is 0 Å². The highest BCUT2D eigenvalue weighted by molar-refractivity contribution is 7.99. The zero-order valence-corrected chi connectivity index (χ0v) is 10.7. The lowest BCUT2D eigenvalue weighted by Crippen LogP contribution is -2.02. The Morgan fingerprint density at radius 1 is 1.20 bits per heavy atom. The fourth-order valence-corrected chi connectivity index (χ4v) is 2.35. The highest BCUT2D eigenvalue weighted by atomic mass is 35.5. The van der Waals surface area contributed by atoms with E-state index in [-0.39, 0.29) is 6.10 Å². The molecule has 0 spiro atoms. The lowest BCUT2D eigenvalue weighted by Gasteiger charge is -2.11. The van der Waals surface area contributed by atoms with Gasteiger partial charge in [-0.2, -0.15) is 11.8 Å². The summed E-state index contributed by atoms with van der Waals surface area (Å²) in [6.07, 6.45) is -0.383. The maximum atomic E-state index is 9.86. The van der Waals surface area contributed by atoms with E-state index in [1.54, 1.807) is 11.8 Å². The summed E-state index contributed by atoms with van der Waals surface area (Å²) in [5.41, 5.74) is 0.940. The second-order valence-corrected chi connectivity index (χ2v) is 5.51. The summed E-state index contributed by atoms with van der Waals surface area (Å²) in [7, 11) is 0. The molecule has 0 aliphatic carbocycles. The van der Waals surface area contributed by atoms with E-state index in [0.717, 1.165) is 17.1 Å². The smallest absolute Gasteiger partial charge is 0.0880 e. The van der Waals surface area contributed by atoms with Crippen molar-refractivity contribution in [3.05, 3.63) is 34.9 Å². The number of rotatable bonds is 5. The predicted molar refractivity (Wildman–Crippen MR) is 68.6 cm³/mol. The maximum Gasteiger partial charge on any atom is 0.0880 e. The summed E-state index contributed by atoms with van der Waals surface area (Å²) in [6.45, 7) is 4.36. The molecule has 0 aliphatic rings. The molecule has 3 heteroatoms. The molecule has 0 bridgehead atoms. The Morgan fingerprint density at radius 3 is 2.33 bits per heavy atom. The van der Waals surface area contributed by atoms with Crippen molar-refractivity contribution in [2.24, 2.45) is 5.92 Å². The van der Waals surface area contributed by atoms with Crippen LogP contribution in [-0.4, -0.2) is 16.6 Å². The van der Waals surface area contributed by atoms with Gasteiger partial charge in [0.25, 0.3) is 0 Å². The molecule has 0 fully saturated rings. The van der Waals surface area contributed by atoms with Crippen LogP contribution in [-0.2, 0) is 0 Å². The second-order valence-electron chi connectivity index (χ2n) is 4.00. The lowest BCUT2D eigenvalue weighted by atomic mass is 10.1. The van der Waals surface area contributed by atoms with Crippen molar-refractivity contribution in [2.45, 2.75) is 20.0 Å². The number of hydrogen-bond donors (Lipinski definition) is 1. The Morgan fingerprint density at radius 2 is 1.80 bits per heavy atom. The van der Waals surface area contributed by atoms with E-state index in [9.17, 15) is 5.11 Å². The Kier molecular flexibility index (Phi) is 5.51. The monoisotopic (exact) mass is 244 g/mol. The molecule has 1 rings (SSSR count). The highest BCUT2D eigenvalue weighted by Gasteiger charge is 2.07. The van der Waals surface area contributed by atoms with Crippen molar-refractivity contribution < 1.29 is 5.11 Å². The van der Waals surface area contributed by atoms with E-state index in [1.807, 2.05) is 24.3 Å². The largest absolute Gasteiger partial charge is 0.388 e. The molecule has 1 aromatic rings. The van der Waals surface area contributed by atoms with Crippen LogP contribution < -0.4 is 0 Å². The van der Waals surface area contributed by atoms with Crippen LogP contribution in [0.4, 0.5) is 0 Å². The molecule has 1 nitrogen and oxygen atoms in total. The van der Waals surface area contributed by atoms with Gasteiger partial charge in [-0.05, 0) is 29.4 Å². The summed E-state index contributed by atoms with van der Waals surface area (Å²) >= 11 is 7.56. The molecular weight excluding hydrogens is 228 g/mol. The minimum atomic E-state index is -0.383.